The Kier molecular flexibility index (Phi) is 8.58. The van der Waals surface area contributed by atoms with E-state index in [4.69, 9.17) is 5.73 Å². The second-order valence-corrected chi connectivity index (χ2v) is 2.25. The summed E-state index contributed by atoms with van der Waals surface area (Å²) in [5.74, 6) is -0.213. The van der Waals surface area contributed by atoms with Crippen molar-refractivity contribution in [3.05, 3.63) is 24.8 Å². The number of nitrogens with two attached hydrogens (primary N) is 1. The third-order valence-electron chi connectivity index (χ3n) is 1.13. The first-order chi connectivity index (χ1) is 6.81. The largest absolute Gasteiger partial charge is 0.466 e. The summed E-state index contributed by atoms with van der Waals surface area (Å²) < 4.78 is 4.56. The van der Waals surface area contributed by atoms with Crippen LogP contribution in [0.3, 0.4) is 0 Å². The van der Waals surface area contributed by atoms with Crippen molar-refractivity contribution in [1.82, 2.24) is 9.97 Å². The van der Waals surface area contributed by atoms with E-state index in [1.807, 2.05) is 0 Å². The Bertz CT molecular complexity index is 194. The van der Waals surface area contributed by atoms with Gasteiger partial charge in [-0.15, -0.1) is 0 Å². The predicted molar refractivity (Wildman–Crippen MR) is 52.3 cm³/mol. The lowest BCUT2D eigenvalue weighted by atomic mass is 10.4. The second-order valence-electron chi connectivity index (χ2n) is 2.25. The van der Waals surface area contributed by atoms with Crippen LogP contribution < -0.4 is 5.73 Å². The normalized spacial score (nSPS) is 8.43. The van der Waals surface area contributed by atoms with Crippen LogP contribution in [-0.4, -0.2) is 29.1 Å². The van der Waals surface area contributed by atoms with E-state index >= 15 is 0 Å². The lowest BCUT2D eigenvalue weighted by Crippen LogP contribution is -2.10. The Labute approximate surface area is 83.3 Å². The lowest BCUT2D eigenvalue weighted by molar-refractivity contribution is -0.142. The van der Waals surface area contributed by atoms with Gasteiger partial charge in [0.15, 0.2) is 0 Å². The molecule has 0 amide bonds. The minimum absolute atomic E-state index is 0.213. The molecule has 0 atom stereocenters. The number of aromatic nitrogens is 2. The second kappa shape index (κ2) is 9.60. The molecule has 0 fully saturated rings. The smallest absolute Gasteiger partial charge is 0.307 e. The number of ether oxygens (including phenoxy) is 1. The molecule has 5 heteroatoms. The van der Waals surface area contributed by atoms with Gasteiger partial charge in [-0.1, -0.05) is 0 Å². The topological polar surface area (TPSA) is 78.1 Å². The fourth-order valence-corrected chi connectivity index (χ4v) is 0.604. The number of hydrogen-bond acceptors (Lipinski definition) is 5. The fraction of sp³-hybridized carbons (Fsp3) is 0.444. The highest BCUT2D eigenvalue weighted by atomic mass is 16.5. The van der Waals surface area contributed by atoms with Crippen molar-refractivity contribution in [2.24, 2.45) is 5.73 Å². The molecular formula is C9H15N3O2. The van der Waals surface area contributed by atoms with Crippen LogP contribution in [-0.2, 0) is 9.53 Å². The monoisotopic (exact) mass is 197 g/mol. The van der Waals surface area contributed by atoms with Crippen LogP contribution in [0.1, 0.15) is 13.3 Å². The van der Waals surface area contributed by atoms with E-state index in [1.165, 1.54) is 6.33 Å². The average molecular weight is 197 g/mol. The van der Waals surface area contributed by atoms with Gasteiger partial charge in [-0.2, -0.15) is 0 Å². The molecule has 78 valence electrons. The zero-order valence-corrected chi connectivity index (χ0v) is 8.22. The standard InChI is InChI=1S/C5H11NO2.C4H4N2/c1-2-8-5(7)3-4-6;1-2-5-4-6-3-1/h2-4,6H2,1H3;1-4H. The molecule has 1 heterocycles. The zero-order valence-electron chi connectivity index (χ0n) is 8.22. The number of hydrogen-bond donors (Lipinski definition) is 1. The van der Waals surface area contributed by atoms with Gasteiger partial charge < -0.3 is 10.5 Å². The Balaban J connectivity index is 0.000000249. The van der Waals surface area contributed by atoms with Crippen molar-refractivity contribution in [1.29, 1.82) is 0 Å². The molecule has 2 N–H and O–H groups in total. The molecule has 0 saturated heterocycles. The molecule has 0 aliphatic heterocycles. The third-order valence-corrected chi connectivity index (χ3v) is 1.13. The van der Waals surface area contributed by atoms with Crippen LogP contribution in [0.15, 0.2) is 24.8 Å². The summed E-state index contributed by atoms with van der Waals surface area (Å²) in [4.78, 5) is 17.7. The van der Waals surface area contributed by atoms with Gasteiger partial charge in [-0.25, -0.2) is 9.97 Å². The predicted octanol–water partition coefficient (Wildman–Crippen LogP) is 0.375. The van der Waals surface area contributed by atoms with E-state index in [9.17, 15) is 4.79 Å². The number of rotatable bonds is 3. The molecule has 0 aromatic carbocycles. The summed E-state index contributed by atoms with van der Waals surface area (Å²) in [5.41, 5.74) is 5.06. The van der Waals surface area contributed by atoms with Crippen molar-refractivity contribution >= 4 is 5.97 Å². The maximum atomic E-state index is 10.3. The molecule has 0 bridgehead atoms. The van der Waals surface area contributed by atoms with E-state index in [1.54, 1.807) is 25.4 Å². The number of esters is 1. The molecule has 0 aliphatic rings. The summed E-state index contributed by atoms with van der Waals surface area (Å²) in [6.07, 6.45) is 5.20. The lowest BCUT2D eigenvalue weighted by Gasteiger charge is -1.96. The summed E-state index contributed by atoms with van der Waals surface area (Å²) >= 11 is 0. The van der Waals surface area contributed by atoms with Crippen LogP contribution in [0.4, 0.5) is 0 Å². The van der Waals surface area contributed by atoms with E-state index in [0.717, 1.165) is 0 Å². The highest BCUT2D eigenvalue weighted by Crippen LogP contribution is 1.80. The van der Waals surface area contributed by atoms with Crippen molar-refractivity contribution in [2.75, 3.05) is 13.2 Å². The third kappa shape index (κ3) is 8.61. The van der Waals surface area contributed by atoms with Crippen LogP contribution in [0.25, 0.3) is 0 Å². The molecule has 5 nitrogen and oxygen atoms in total. The quantitative estimate of drug-likeness (QED) is 0.708. The van der Waals surface area contributed by atoms with Gasteiger partial charge in [-0.3, -0.25) is 4.79 Å². The maximum Gasteiger partial charge on any atom is 0.307 e. The maximum absolute atomic E-state index is 10.3. The minimum atomic E-state index is -0.213. The Hall–Kier alpha value is -1.49. The van der Waals surface area contributed by atoms with Crippen molar-refractivity contribution in [3.8, 4) is 0 Å². The van der Waals surface area contributed by atoms with Gasteiger partial charge >= 0.3 is 5.97 Å². The Morgan fingerprint density at radius 3 is 2.36 bits per heavy atom. The molecule has 1 aromatic heterocycles. The Morgan fingerprint density at radius 2 is 2.07 bits per heavy atom. The molecule has 0 aliphatic carbocycles. The number of carbonyl (C=O) groups excluding carboxylic acids is 1. The van der Waals surface area contributed by atoms with Gasteiger partial charge in [0.05, 0.1) is 13.0 Å². The molecule has 0 saturated carbocycles. The van der Waals surface area contributed by atoms with Crippen molar-refractivity contribution < 1.29 is 9.53 Å². The van der Waals surface area contributed by atoms with Crippen LogP contribution in [0.2, 0.25) is 0 Å². The number of carbonyl (C=O) groups is 1. The number of nitrogens with zero attached hydrogens (tertiary/aromatic N) is 2. The Morgan fingerprint density at radius 1 is 1.43 bits per heavy atom. The van der Waals surface area contributed by atoms with Gasteiger partial charge in [0.25, 0.3) is 0 Å². The van der Waals surface area contributed by atoms with Crippen LogP contribution in [0, 0.1) is 0 Å². The minimum Gasteiger partial charge on any atom is -0.466 e. The average Bonchev–Trinajstić information content (AvgIpc) is 2.22. The van der Waals surface area contributed by atoms with Gasteiger partial charge in [-0.05, 0) is 13.0 Å². The summed E-state index contributed by atoms with van der Waals surface area (Å²) in [7, 11) is 0. The molecule has 14 heavy (non-hydrogen) atoms. The summed E-state index contributed by atoms with van der Waals surface area (Å²) in [5, 5.41) is 0. The molecule has 0 unspecified atom stereocenters. The van der Waals surface area contributed by atoms with E-state index in [0.29, 0.717) is 19.6 Å². The van der Waals surface area contributed by atoms with E-state index in [2.05, 4.69) is 14.7 Å². The summed E-state index contributed by atoms with van der Waals surface area (Å²) in [6, 6.07) is 1.78. The molecule has 1 aromatic rings. The van der Waals surface area contributed by atoms with Crippen LogP contribution >= 0.6 is 0 Å². The van der Waals surface area contributed by atoms with Crippen molar-refractivity contribution in [3.63, 3.8) is 0 Å². The molecule has 1 rings (SSSR count). The SMILES string of the molecule is CCOC(=O)CCN.c1cncnc1. The zero-order chi connectivity index (χ0) is 10.6. The van der Waals surface area contributed by atoms with E-state index in [-0.39, 0.29) is 5.97 Å². The fourth-order valence-electron chi connectivity index (χ4n) is 0.604. The highest BCUT2D eigenvalue weighted by molar-refractivity contribution is 5.69. The van der Waals surface area contributed by atoms with E-state index < -0.39 is 0 Å². The molecule has 0 radical (unpaired) electrons. The highest BCUT2D eigenvalue weighted by Gasteiger charge is 1.95. The summed E-state index contributed by atoms with van der Waals surface area (Å²) in [6.45, 7) is 2.59. The van der Waals surface area contributed by atoms with Gasteiger partial charge in [0, 0.05) is 18.9 Å². The molecular weight excluding hydrogens is 182 g/mol. The first-order valence-corrected chi connectivity index (χ1v) is 4.37. The van der Waals surface area contributed by atoms with Crippen molar-refractivity contribution in [2.45, 2.75) is 13.3 Å². The van der Waals surface area contributed by atoms with Gasteiger partial charge in [0.1, 0.15) is 6.33 Å². The van der Waals surface area contributed by atoms with Crippen LogP contribution in [0.5, 0.6) is 0 Å². The first kappa shape index (κ1) is 12.5. The first-order valence-electron chi connectivity index (χ1n) is 4.37. The van der Waals surface area contributed by atoms with Gasteiger partial charge in [0.2, 0.25) is 0 Å². The molecule has 0 spiro atoms.